The summed E-state index contributed by atoms with van der Waals surface area (Å²) in [7, 11) is 0. The molecule has 0 saturated heterocycles. The van der Waals surface area contributed by atoms with Gasteiger partial charge in [0.1, 0.15) is 0 Å². The van der Waals surface area contributed by atoms with Crippen LogP contribution in [0.15, 0.2) is 24.3 Å². The van der Waals surface area contributed by atoms with Crippen molar-refractivity contribution < 1.29 is 4.74 Å². The van der Waals surface area contributed by atoms with E-state index < -0.39 is 0 Å². The van der Waals surface area contributed by atoms with Crippen LogP contribution in [0.2, 0.25) is 5.15 Å². The molecule has 0 fully saturated rings. The summed E-state index contributed by atoms with van der Waals surface area (Å²) >= 11 is 5.55. The minimum absolute atomic E-state index is 0.368. The zero-order valence-electron chi connectivity index (χ0n) is 7.46. The number of ether oxygens (including phenoxy) is 1. The first-order valence-electron chi connectivity index (χ1n) is 3.95. The van der Waals surface area contributed by atoms with E-state index in [9.17, 15) is 0 Å². The lowest BCUT2D eigenvalue weighted by Crippen LogP contribution is -1.99. The summed E-state index contributed by atoms with van der Waals surface area (Å²) in [6.07, 6.45) is 0.824. The Kier molecular flexibility index (Phi) is 3.71. The van der Waals surface area contributed by atoms with Crippen LogP contribution < -0.4 is 4.74 Å². The first-order valence-corrected chi connectivity index (χ1v) is 4.32. The molecule has 0 N–H and O–H groups in total. The van der Waals surface area contributed by atoms with E-state index in [1.165, 1.54) is 0 Å². The topological polar surface area (TPSA) is 35.0 Å². The Hall–Kier alpha value is -1.09. The average Bonchev–Trinajstić information content (AvgIpc) is 2.08. The maximum Gasteiger partial charge on any atom is 0.233 e. The van der Waals surface area contributed by atoms with Crippen molar-refractivity contribution in [3.63, 3.8) is 0 Å². The van der Waals surface area contributed by atoms with Crippen molar-refractivity contribution in [2.75, 3.05) is 6.61 Å². The molecule has 0 saturated carbocycles. The molecular formula is C9H11ClN2O. The Morgan fingerprint density at radius 3 is 2.85 bits per heavy atom. The molecule has 0 aromatic carbocycles. The summed E-state index contributed by atoms with van der Waals surface area (Å²) in [6, 6.07) is 3.33. The van der Waals surface area contributed by atoms with Crippen LogP contribution >= 0.6 is 11.6 Å². The van der Waals surface area contributed by atoms with Gasteiger partial charge in [0, 0.05) is 12.5 Å². The summed E-state index contributed by atoms with van der Waals surface area (Å²) in [6.45, 7) is 6.29. The number of hydrogen-bond donors (Lipinski definition) is 0. The van der Waals surface area contributed by atoms with Crippen molar-refractivity contribution in [1.82, 2.24) is 10.2 Å². The third-order valence-corrected chi connectivity index (χ3v) is 1.59. The minimum atomic E-state index is 0.368. The van der Waals surface area contributed by atoms with Gasteiger partial charge in [0.05, 0.1) is 6.61 Å². The van der Waals surface area contributed by atoms with E-state index in [4.69, 9.17) is 16.3 Å². The number of aromatic nitrogens is 2. The molecule has 0 aliphatic carbocycles. The Morgan fingerprint density at radius 1 is 1.54 bits per heavy atom. The zero-order chi connectivity index (χ0) is 9.68. The summed E-state index contributed by atoms with van der Waals surface area (Å²) in [4.78, 5) is 0. The Balaban J connectivity index is 2.37. The fraction of sp³-hybridized carbons (Fsp3) is 0.333. The number of nitrogens with zero attached hydrogens (tertiary/aromatic N) is 2. The molecule has 0 spiro atoms. The lowest BCUT2D eigenvalue weighted by molar-refractivity contribution is 0.305. The van der Waals surface area contributed by atoms with Crippen LogP contribution in [0, 0.1) is 0 Å². The molecule has 1 aromatic rings. The van der Waals surface area contributed by atoms with E-state index >= 15 is 0 Å². The molecule has 0 radical (unpaired) electrons. The van der Waals surface area contributed by atoms with Crippen molar-refractivity contribution in [3.05, 3.63) is 29.4 Å². The smallest absolute Gasteiger partial charge is 0.233 e. The first-order chi connectivity index (χ1) is 6.18. The third-order valence-electron chi connectivity index (χ3n) is 1.39. The predicted molar refractivity (Wildman–Crippen MR) is 52.0 cm³/mol. The molecule has 1 heterocycles. The molecular weight excluding hydrogens is 188 g/mol. The van der Waals surface area contributed by atoms with E-state index in [1.54, 1.807) is 12.1 Å². The second-order valence-electron chi connectivity index (χ2n) is 2.75. The van der Waals surface area contributed by atoms with Gasteiger partial charge >= 0.3 is 0 Å². The molecule has 3 nitrogen and oxygen atoms in total. The van der Waals surface area contributed by atoms with Gasteiger partial charge in [-0.05, 0) is 13.0 Å². The molecule has 1 rings (SSSR count). The number of halogens is 1. The summed E-state index contributed by atoms with van der Waals surface area (Å²) in [5.41, 5.74) is 1.09. The first kappa shape index (κ1) is 9.99. The van der Waals surface area contributed by atoms with Gasteiger partial charge in [-0.2, -0.15) is 0 Å². The van der Waals surface area contributed by atoms with Crippen LogP contribution in [-0.4, -0.2) is 16.8 Å². The predicted octanol–water partition coefficient (Wildman–Crippen LogP) is 2.48. The average molecular weight is 199 g/mol. The molecule has 1 aromatic heterocycles. The summed E-state index contributed by atoms with van der Waals surface area (Å²) < 4.78 is 5.28. The van der Waals surface area contributed by atoms with Crippen molar-refractivity contribution >= 4 is 11.6 Å². The molecule has 70 valence electrons. The minimum Gasteiger partial charge on any atom is -0.476 e. The highest BCUT2D eigenvalue weighted by atomic mass is 35.5. The highest BCUT2D eigenvalue weighted by Crippen LogP contribution is 2.08. The molecule has 0 aliphatic rings. The molecule has 0 bridgehead atoms. The lowest BCUT2D eigenvalue weighted by atomic mass is 10.3. The van der Waals surface area contributed by atoms with Crippen LogP contribution in [0.1, 0.15) is 13.3 Å². The van der Waals surface area contributed by atoms with Crippen LogP contribution in [0.25, 0.3) is 0 Å². The van der Waals surface area contributed by atoms with Gasteiger partial charge < -0.3 is 4.74 Å². The SMILES string of the molecule is C=C(C)CCOc1ccc(Cl)nn1. The number of hydrogen-bond acceptors (Lipinski definition) is 3. The van der Waals surface area contributed by atoms with Gasteiger partial charge in [0.2, 0.25) is 5.88 Å². The van der Waals surface area contributed by atoms with Crippen molar-refractivity contribution in [2.45, 2.75) is 13.3 Å². The quantitative estimate of drug-likeness (QED) is 0.698. The van der Waals surface area contributed by atoms with E-state index in [2.05, 4.69) is 16.8 Å². The Bertz CT molecular complexity index is 284. The molecule has 4 heteroatoms. The normalized spacial score (nSPS) is 9.69. The Labute approximate surface area is 82.4 Å². The van der Waals surface area contributed by atoms with Gasteiger partial charge in [0.15, 0.2) is 5.15 Å². The second kappa shape index (κ2) is 4.82. The molecule has 13 heavy (non-hydrogen) atoms. The van der Waals surface area contributed by atoms with Crippen molar-refractivity contribution in [3.8, 4) is 5.88 Å². The maximum absolute atomic E-state index is 5.55. The lowest BCUT2D eigenvalue weighted by Gasteiger charge is -2.03. The summed E-state index contributed by atoms with van der Waals surface area (Å²) in [5.74, 6) is 0.491. The van der Waals surface area contributed by atoms with Crippen LogP contribution in [0.5, 0.6) is 5.88 Å². The highest BCUT2D eigenvalue weighted by Gasteiger charge is 1.95. The standard InChI is InChI=1S/C9H11ClN2O/c1-7(2)5-6-13-9-4-3-8(10)11-12-9/h3-4H,1,5-6H2,2H3. The second-order valence-corrected chi connectivity index (χ2v) is 3.14. The fourth-order valence-corrected chi connectivity index (χ4v) is 0.811. The largest absolute Gasteiger partial charge is 0.476 e. The van der Waals surface area contributed by atoms with Crippen molar-refractivity contribution in [2.24, 2.45) is 0 Å². The van der Waals surface area contributed by atoms with E-state index in [-0.39, 0.29) is 0 Å². The van der Waals surface area contributed by atoms with Gasteiger partial charge in [-0.25, -0.2) is 0 Å². The van der Waals surface area contributed by atoms with Crippen LogP contribution in [0.4, 0.5) is 0 Å². The molecule has 0 atom stereocenters. The molecule has 0 aliphatic heterocycles. The van der Waals surface area contributed by atoms with Gasteiger partial charge in [-0.15, -0.1) is 16.8 Å². The van der Waals surface area contributed by atoms with Gasteiger partial charge in [-0.1, -0.05) is 17.2 Å². The number of rotatable bonds is 4. The highest BCUT2D eigenvalue weighted by molar-refractivity contribution is 6.29. The molecule has 0 amide bonds. The van der Waals surface area contributed by atoms with Crippen molar-refractivity contribution in [1.29, 1.82) is 0 Å². The van der Waals surface area contributed by atoms with Crippen LogP contribution in [-0.2, 0) is 0 Å². The van der Waals surface area contributed by atoms with Gasteiger partial charge in [-0.3, -0.25) is 0 Å². The van der Waals surface area contributed by atoms with Crippen LogP contribution in [0.3, 0.4) is 0 Å². The van der Waals surface area contributed by atoms with Gasteiger partial charge in [0.25, 0.3) is 0 Å². The Morgan fingerprint density at radius 2 is 2.31 bits per heavy atom. The molecule has 0 unspecified atom stereocenters. The third kappa shape index (κ3) is 3.90. The summed E-state index contributed by atoms with van der Waals surface area (Å²) in [5, 5.41) is 7.75. The van der Waals surface area contributed by atoms with E-state index in [0.29, 0.717) is 17.6 Å². The zero-order valence-corrected chi connectivity index (χ0v) is 8.21. The maximum atomic E-state index is 5.55. The van der Waals surface area contributed by atoms with E-state index in [0.717, 1.165) is 12.0 Å². The fourth-order valence-electron chi connectivity index (χ4n) is 0.711. The van der Waals surface area contributed by atoms with E-state index in [1.807, 2.05) is 6.92 Å². The monoisotopic (exact) mass is 198 g/mol.